The summed E-state index contributed by atoms with van der Waals surface area (Å²) in [6.45, 7) is 7.79. The molecule has 112 valence electrons. The number of aliphatic hydroxyl groups excluding tert-OH is 1. The number of hydrogen-bond donors (Lipinski definition) is 2. The van der Waals surface area contributed by atoms with E-state index in [1.807, 2.05) is 0 Å². The third kappa shape index (κ3) is 5.78. The topological polar surface area (TPSA) is 44.7 Å². The van der Waals surface area contributed by atoms with E-state index >= 15 is 0 Å². The van der Waals surface area contributed by atoms with Gasteiger partial charge in [-0.25, -0.2) is 0 Å². The van der Waals surface area contributed by atoms with Gasteiger partial charge in [-0.05, 0) is 19.3 Å². The molecule has 2 unspecified atom stereocenters. The molecule has 2 fully saturated rings. The zero-order valence-electron chi connectivity index (χ0n) is 12.3. The summed E-state index contributed by atoms with van der Waals surface area (Å²) >= 11 is 0. The second-order valence-electron chi connectivity index (χ2n) is 6.26. The van der Waals surface area contributed by atoms with Gasteiger partial charge in [0.25, 0.3) is 0 Å². The zero-order valence-corrected chi connectivity index (χ0v) is 12.3. The normalized spacial score (nSPS) is 25.6. The van der Waals surface area contributed by atoms with Crippen LogP contribution >= 0.6 is 0 Å². The minimum absolute atomic E-state index is 0.171. The Morgan fingerprint density at radius 2 is 1.95 bits per heavy atom. The molecule has 0 aromatic heterocycles. The zero-order chi connectivity index (χ0) is 13.5. The summed E-state index contributed by atoms with van der Waals surface area (Å²) in [5, 5.41) is 13.5. The molecule has 1 aliphatic heterocycles. The smallest absolute Gasteiger partial charge is 0.0667 e. The Hall–Kier alpha value is -0.160. The van der Waals surface area contributed by atoms with Crippen molar-refractivity contribution in [3.63, 3.8) is 0 Å². The summed E-state index contributed by atoms with van der Waals surface area (Å²) in [4.78, 5) is 2.44. The van der Waals surface area contributed by atoms with Crippen molar-refractivity contribution in [1.82, 2.24) is 10.2 Å². The van der Waals surface area contributed by atoms with Crippen molar-refractivity contribution in [3.8, 4) is 0 Å². The highest BCUT2D eigenvalue weighted by Crippen LogP contribution is 2.28. The highest BCUT2D eigenvalue weighted by Gasteiger charge is 2.19. The van der Waals surface area contributed by atoms with Crippen LogP contribution in [0, 0.1) is 5.92 Å². The van der Waals surface area contributed by atoms with Gasteiger partial charge in [-0.2, -0.15) is 0 Å². The molecule has 4 heteroatoms. The predicted octanol–water partition coefficient (Wildman–Crippen LogP) is 1.24. The summed E-state index contributed by atoms with van der Waals surface area (Å²) < 4.78 is 5.35. The number of morpholine rings is 1. The van der Waals surface area contributed by atoms with E-state index in [0.29, 0.717) is 6.04 Å². The van der Waals surface area contributed by atoms with Gasteiger partial charge < -0.3 is 15.2 Å². The quantitative estimate of drug-likeness (QED) is 0.730. The van der Waals surface area contributed by atoms with Crippen molar-refractivity contribution in [2.45, 2.75) is 51.2 Å². The Labute approximate surface area is 117 Å². The Morgan fingerprint density at radius 3 is 2.63 bits per heavy atom. The molecule has 1 saturated carbocycles. The Morgan fingerprint density at radius 1 is 1.26 bits per heavy atom. The fraction of sp³-hybridized carbons (Fsp3) is 1.00. The SMILES string of the molecule is CC(CN1CCOCC1)NCC(O)CC1CCCC1. The van der Waals surface area contributed by atoms with Crippen molar-refractivity contribution in [2.75, 3.05) is 39.4 Å². The van der Waals surface area contributed by atoms with Crippen LogP contribution in [-0.4, -0.2) is 61.5 Å². The highest BCUT2D eigenvalue weighted by molar-refractivity contribution is 4.75. The largest absolute Gasteiger partial charge is 0.392 e. The number of aliphatic hydroxyl groups is 1. The average Bonchev–Trinajstić information content (AvgIpc) is 2.90. The first-order valence-corrected chi connectivity index (χ1v) is 7.95. The first kappa shape index (κ1) is 15.2. The number of hydrogen-bond acceptors (Lipinski definition) is 4. The fourth-order valence-electron chi connectivity index (χ4n) is 3.29. The van der Waals surface area contributed by atoms with Crippen molar-refractivity contribution in [3.05, 3.63) is 0 Å². The molecule has 2 N–H and O–H groups in total. The van der Waals surface area contributed by atoms with Crippen LogP contribution in [0.4, 0.5) is 0 Å². The summed E-state index contributed by atoms with van der Waals surface area (Å²) in [6.07, 6.45) is 6.17. The first-order valence-electron chi connectivity index (χ1n) is 7.95. The number of ether oxygens (including phenoxy) is 1. The molecule has 0 aromatic carbocycles. The molecule has 0 amide bonds. The molecule has 0 aromatic rings. The van der Waals surface area contributed by atoms with E-state index in [2.05, 4.69) is 17.1 Å². The van der Waals surface area contributed by atoms with Gasteiger partial charge in [0.2, 0.25) is 0 Å². The van der Waals surface area contributed by atoms with E-state index in [4.69, 9.17) is 4.74 Å². The van der Waals surface area contributed by atoms with Crippen LogP contribution in [0.2, 0.25) is 0 Å². The van der Waals surface area contributed by atoms with Crippen molar-refractivity contribution >= 4 is 0 Å². The fourth-order valence-corrected chi connectivity index (χ4v) is 3.29. The minimum Gasteiger partial charge on any atom is -0.392 e. The van der Waals surface area contributed by atoms with Crippen molar-refractivity contribution in [1.29, 1.82) is 0 Å². The Kier molecular flexibility index (Phi) is 6.57. The average molecular weight is 270 g/mol. The van der Waals surface area contributed by atoms with Gasteiger partial charge in [-0.15, -0.1) is 0 Å². The lowest BCUT2D eigenvalue weighted by molar-refractivity contribution is 0.0334. The lowest BCUT2D eigenvalue weighted by Crippen LogP contribution is -2.46. The molecule has 4 nitrogen and oxygen atoms in total. The first-order chi connectivity index (χ1) is 9.24. The maximum atomic E-state index is 10.1. The Bertz CT molecular complexity index is 238. The van der Waals surface area contributed by atoms with Gasteiger partial charge in [-0.1, -0.05) is 25.7 Å². The van der Waals surface area contributed by atoms with Gasteiger partial charge in [-0.3, -0.25) is 4.90 Å². The van der Waals surface area contributed by atoms with Gasteiger partial charge in [0.1, 0.15) is 0 Å². The second kappa shape index (κ2) is 8.20. The van der Waals surface area contributed by atoms with Crippen molar-refractivity contribution in [2.24, 2.45) is 5.92 Å². The van der Waals surface area contributed by atoms with Gasteiger partial charge in [0.05, 0.1) is 19.3 Å². The van der Waals surface area contributed by atoms with E-state index in [-0.39, 0.29) is 6.10 Å². The third-order valence-electron chi connectivity index (χ3n) is 4.42. The van der Waals surface area contributed by atoms with E-state index in [1.165, 1.54) is 25.7 Å². The second-order valence-corrected chi connectivity index (χ2v) is 6.26. The van der Waals surface area contributed by atoms with Crippen LogP contribution in [0.15, 0.2) is 0 Å². The lowest BCUT2D eigenvalue weighted by Gasteiger charge is -2.30. The Balaban J connectivity index is 1.55. The molecule has 2 aliphatic rings. The van der Waals surface area contributed by atoms with Crippen LogP contribution in [0.1, 0.15) is 39.0 Å². The molecule has 2 atom stereocenters. The molecular weight excluding hydrogens is 240 g/mol. The van der Waals surface area contributed by atoms with E-state index in [1.54, 1.807) is 0 Å². The molecule has 2 rings (SSSR count). The summed E-state index contributed by atoms with van der Waals surface area (Å²) in [6, 6.07) is 0.441. The van der Waals surface area contributed by atoms with Gasteiger partial charge in [0.15, 0.2) is 0 Å². The molecule has 19 heavy (non-hydrogen) atoms. The summed E-state index contributed by atoms with van der Waals surface area (Å²) in [7, 11) is 0. The molecule has 1 aliphatic carbocycles. The minimum atomic E-state index is -0.171. The summed E-state index contributed by atoms with van der Waals surface area (Å²) in [5.41, 5.74) is 0. The van der Waals surface area contributed by atoms with Crippen LogP contribution in [-0.2, 0) is 4.74 Å². The van der Waals surface area contributed by atoms with Gasteiger partial charge in [0, 0.05) is 32.2 Å². The molecule has 1 heterocycles. The number of rotatable bonds is 7. The maximum absolute atomic E-state index is 10.1. The van der Waals surface area contributed by atoms with Crippen LogP contribution in [0.3, 0.4) is 0 Å². The van der Waals surface area contributed by atoms with Crippen molar-refractivity contribution < 1.29 is 9.84 Å². The number of nitrogens with one attached hydrogen (secondary N) is 1. The molecule has 0 radical (unpaired) electrons. The molecule has 0 spiro atoms. The van der Waals surface area contributed by atoms with Crippen LogP contribution in [0.25, 0.3) is 0 Å². The maximum Gasteiger partial charge on any atom is 0.0667 e. The standard InChI is InChI=1S/C15H30N2O2/c1-13(12-17-6-8-19-9-7-17)16-11-15(18)10-14-4-2-3-5-14/h13-16,18H,2-12H2,1H3. The predicted molar refractivity (Wildman–Crippen MR) is 77.3 cm³/mol. The van der Waals surface area contributed by atoms with Crippen LogP contribution < -0.4 is 5.32 Å². The summed E-state index contributed by atoms with van der Waals surface area (Å²) in [5.74, 6) is 0.770. The molecular formula is C15H30N2O2. The highest BCUT2D eigenvalue weighted by atomic mass is 16.5. The van der Waals surface area contributed by atoms with E-state index in [9.17, 15) is 5.11 Å². The third-order valence-corrected chi connectivity index (χ3v) is 4.42. The number of nitrogens with zero attached hydrogens (tertiary/aromatic N) is 1. The van der Waals surface area contributed by atoms with E-state index in [0.717, 1.165) is 51.7 Å². The van der Waals surface area contributed by atoms with E-state index < -0.39 is 0 Å². The molecule has 1 saturated heterocycles. The lowest BCUT2D eigenvalue weighted by atomic mass is 10.00. The monoisotopic (exact) mass is 270 g/mol. The van der Waals surface area contributed by atoms with Crippen LogP contribution in [0.5, 0.6) is 0 Å². The van der Waals surface area contributed by atoms with Gasteiger partial charge >= 0.3 is 0 Å². The molecule has 0 bridgehead atoms.